The van der Waals surface area contributed by atoms with Gasteiger partial charge in [0.1, 0.15) is 11.6 Å². The molecule has 1 aliphatic heterocycles. The zero-order chi connectivity index (χ0) is 22.0. The van der Waals surface area contributed by atoms with Crippen LogP contribution in [0.3, 0.4) is 0 Å². The first-order chi connectivity index (χ1) is 14.9. The summed E-state index contributed by atoms with van der Waals surface area (Å²) < 4.78 is 15.5. The van der Waals surface area contributed by atoms with E-state index in [4.69, 9.17) is 0 Å². The molecule has 8 heteroatoms. The van der Waals surface area contributed by atoms with Crippen molar-refractivity contribution in [2.45, 2.75) is 19.8 Å². The third-order valence-electron chi connectivity index (χ3n) is 5.40. The molecule has 0 aliphatic carbocycles. The number of amides is 1. The number of nitrogens with zero attached hydrogens (tertiary/aromatic N) is 3. The number of aromatic nitrogens is 2. The minimum atomic E-state index is -0.376. The van der Waals surface area contributed by atoms with Gasteiger partial charge in [0.2, 0.25) is 5.91 Å². The third kappa shape index (κ3) is 4.85. The highest BCUT2D eigenvalue weighted by Gasteiger charge is 2.27. The van der Waals surface area contributed by atoms with Crippen molar-refractivity contribution in [2.24, 2.45) is 5.92 Å². The molecule has 6 nitrogen and oxygen atoms in total. The lowest BCUT2D eigenvalue weighted by Gasteiger charge is -2.33. The monoisotopic (exact) mass is 484 g/mol. The molecule has 1 aromatic heterocycles. The van der Waals surface area contributed by atoms with E-state index in [2.05, 4.69) is 26.3 Å². The van der Waals surface area contributed by atoms with Gasteiger partial charge in [-0.1, -0.05) is 15.9 Å². The summed E-state index contributed by atoms with van der Waals surface area (Å²) in [6.07, 6.45) is 1.63. The molecule has 1 aliphatic rings. The smallest absolute Gasteiger partial charge is 0.271 e. The summed E-state index contributed by atoms with van der Waals surface area (Å²) in [5, 5.41) is 7.47. The number of aryl methyl sites for hydroxylation is 1. The van der Waals surface area contributed by atoms with Crippen molar-refractivity contribution in [3.8, 4) is 5.69 Å². The van der Waals surface area contributed by atoms with E-state index in [0.29, 0.717) is 18.1 Å². The number of carbonyl (C=O) groups excluding carboxylic acids is 1. The van der Waals surface area contributed by atoms with Crippen molar-refractivity contribution in [3.05, 3.63) is 80.8 Å². The molecule has 2 aromatic carbocycles. The van der Waals surface area contributed by atoms with Gasteiger partial charge in [0.25, 0.3) is 5.56 Å². The highest BCUT2D eigenvalue weighted by Crippen LogP contribution is 2.24. The molecule has 0 bridgehead atoms. The van der Waals surface area contributed by atoms with Crippen molar-refractivity contribution in [3.63, 3.8) is 0 Å². The van der Waals surface area contributed by atoms with E-state index in [9.17, 15) is 14.0 Å². The van der Waals surface area contributed by atoms with Gasteiger partial charge in [-0.3, -0.25) is 9.59 Å². The molecule has 1 atom stereocenters. The number of anilines is 2. The molecule has 4 rings (SSSR count). The third-order valence-corrected chi connectivity index (χ3v) is 6.29. The van der Waals surface area contributed by atoms with Crippen molar-refractivity contribution < 1.29 is 9.18 Å². The van der Waals surface area contributed by atoms with Crippen LogP contribution in [0.1, 0.15) is 18.4 Å². The number of hydrogen-bond donors (Lipinski definition) is 1. The predicted molar refractivity (Wildman–Crippen MR) is 122 cm³/mol. The maximum atomic E-state index is 13.2. The molecule has 1 fully saturated rings. The summed E-state index contributed by atoms with van der Waals surface area (Å²) in [5.41, 5.74) is 2.01. The Morgan fingerprint density at radius 1 is 1.16 bits per heavy atom. The minimum Gasteiger partial charge on any atom is -0.354 e. The second kappa shape index (κ2) is 9.01. The first-order valence-electron chi connectivity index (χ1n) is 10.1. The Balaban J connectivity index is 1.51. The zero-order valence-electron chi connectivity index (χ0n) is 17.0. The van der Waals surface area contributed by atoms with E-state index in [-0.39, 0.29) is 23.2 Å². The van der Waals surface area contributed by atoms with Gasteiger partial charge in [-0.05, 0) is 73.9 Å². The van der Waals surface area contributed by atoms with E-state index in [1.54, 1.807) is 6.07 Å². The largest absolute Gasteiger partial charge is 0.354 e. The van der Waals surface area contributed by atoms with Gasteiger partial charge in [0.05, 0.1) is 11.6 Å². The number of halogens is 2. The molecular weight excluding hydrogens is 463 g/mol. The number of rotatable bonds is 4. The Labute approximate surface area is 187 Å². The molecule has 2 heterocycles. The molecule has 1 saturated heterocycles. The van der Waals surface area contributed by atoms with Gasteiger partial charge in [-0.25, -0.2) is 4.39 Å². The van der Waals surface area contributed by atoms with Crippen LogP contribution in [-0.4, -0.2) is 28.8 Å². The second-order valence-corrected chi connectivity index (χ2v) is 8.51. The first kappa shape index (κ1) is 21.2. The maximum Gasteiger partial charge on any atom is 0.271 e. The Morgan fingerprint density at radius 3 is 2.68 bits per heavy atom. The van der Waals surface area contributed by atoms with Crippen LogP contribution in [0.15, 0.2) is 63.9 Å². The van der Waals surface area contributed by atoms with Crippen molar-refractivity contribution in [1.29, 1.82) is 0 Å². The Morgan fingerprint density at radius 2 is 1.94 bits per heavy atom. The van der Waals surface area contributed by atoms with Gasteiger partial charge in [-0.2, -0.15) is 4.68 Å². The summed E-state index contributed by atoms with van der Waals surface area (Å²) in [5.74, 6) is 0.0173. The maximum absolute atomic E-state index is 13.2. The van der Waals surface area contributed by atoms with Crippen LogP contribution < -0.4 is 15.8 Å². The van der Waals surface area contributed by atoms with Gasteiger partial charge < -0.3 is 10.2 Å². The van der Waals surface area contributed by atoms with Crippen LogP contribution in [0.4, 0.5) is 15.9 Å². The van der Waals surface area contributed by atoms with Gasteiger partial charge >= 0.3 is 0 Å². The van der Waals surface area contributed by atoms with E-state index in [1.165, 1.54) is 35.0 Å². The molecule has 1 unspecified atom stereocenters. The van der Waals surface area contributed by atoms with E-state index >= 15 is 0 Å². The highest BCUT2D eigenvalue weighted by molar-refractivity contribution is 9.10. The lowest BCUT2D eigenvalue weighted by Crippen LogP contribution is -2.41. The highest BCUT2D eigenvalue weighted by atomic mass is 79.9. The van der Waals surface area contributed by atoms with E-state index in [1.807, 2.05) is 30.0 Å². The molecule has 1 N–H and O–H groups in total. The Kier molecular flexibility index (Phi) is 6.18. The lowest BCUT2D eigenvalue weighted by molar-refractivity contribution is -0.120. The first-order valence-corrected chi connectivity index (χ1v) is 10.9. The summed E-state index contributed by atoms with van der Waals surface area (Å²) in [6.45, 7) is 3.23. The molecular formula is C23H22BrFN4O2. The normalized spacial score (nSPS) is 16.2. The fourth-order valence-corrected chi connectivity index (χ4v) is 3.95. The van der Waals surface area contributed by atoms with Crippen LogP contribution in [0, 0.1) is 18.7 Å². The van der Waals surface area contributed by atoms with Crippen LogP contribution in [0.5, 0.6) is 0 Å². The van der Waals surface area contributed by atoms with Gasteiger partial charge in [0.15, 0.2) is 0 Å². The average molecular weight is 485 g/mol. The fourth-order valence-electron chi connectivity index (χ4n) is 3.70. The van der Waals surface area contributed by atoms with Gasteiger partial charge in [-0.15, -0.1) is 5.10 Å². The fraction of sp³-hybridized carbons (Fsp3) is 0.261. The van der Waals surface area contributed by atoms with Crippen molar-refractivity contribution >= 4 is 33.3 Å². The topological polar surface area (TPSA) is 67.2 Å². The van der Waals surface area contributed by atoms with E-state index in [0.717, 1.165) is 35.1 Å². The zero-order valence-corrected chi connectivity index (χ0v) is 18.6. The molecule has 160 valence electrons. The quantitative estimate of drug-likeness (QED) is 0.599. The number of hydrogen-bond acceptors (Lipinski definition) is 4. The number of nitrogens with one attached hydrogen (secondary N) is 1. The van der Waals surface area contributed by atoms with Crippen LogP contribution in [-0.2, 0) is 4.79 Å². The van der Waals surface area contributed by atoms with Crippen molar-refractivity contribution in [2.75, 3.05) is 23.3 Å². The predicted octanol–water partition coefficient (Wildman–Crippen LogP) is 4.30. The summed E-state index contributed by atoms with van der Waals surface area (Å²) in [4.78, 5) is 27.2. The molecule has 0 radical (unpaired) electrons. The second-order valence-electron chi connectivity index (χ2n) is 7.66. The number of carbonyl (C=O) groups is 1. The van der Waals surface area contributed by atoms with Crippen LogP contribution in [0.2, 0.25) is 0 Å². The van der Waals surface area contributed by atoms with E-state index < -0.39 is 0 Å². The van der Waals surface area contributed by atoms with Crippen LogP contribution in [0.25, 0.3) is 5.69 Å². The summed E-state index contributed by atoms with van der Waals surface area (Å²) in [7, 11) is 0. The number of piperidine rings is 1. The summed E-state index contributed by atoms with van der Waals surface area (Å²) >= 11 is 3.47. The Bertz CT molecular complexity index is 1160. The standard InChI is InChI=1S/C23H22BrFN4O2/c1-15-13-18(6-9-20(15)24)26-23(31)16-3-2-12-28(14-16)21-10-11-22(30)29(27-21)19-7-4-17(25)5-8-19/h4-11,13,16H,2-3,12,14H2,1H3,(H,26,31). The molecule has 0 saturated carbocycles. The SMILES string of the molecule is Cc1cc(NC(=O)C2CCCN(c3ccc(=O)n(-c4ccc(F)cc4)n3)C2)ccc1Br. The van der Waals surface area contributed by atoms with Crippen LogP contribution >= 0.6 is 15.9 Å². The average Bonchev–Trinajstić information content (AvgIpc) is 2.77. The number of benzene rings is 2. The van der Waals surface area contributed by atoms with Gasteiger partial charge in [0, 0.05) is 29.3 Å². The molecule has 1 amide bonds. The minimum absolute atomic E-state index is 0.0294. The summed E-state index contributed by atoms with van der Waals surface area (Å²) in [6, 6.07) is 14.4. The lowest BCUT2D eigenvalue weighted by atomic mass is 9.97. The Hall–Kier alpha value is -3.00. The molecule has 31 heavy (non-hydrogen) atoms. The molecule has 0 spiro atoms. The van der Waals surface area contributed by atoms with Crippen molar-refractivity contribution in [1.82, 2.24) is 9.78 Å². The molecule has 3 aromatic rings.